The van der Waals surface area contributed by atoms with Gasteiger partial charge in [-0.15, -0.1) is 0 Å². The average Bonchev–Trinajstić information content (AvgIpc) is 2.76. The normalized spacial score (nSPS) is 35.2. The maximum Gasteiger partial charge on any atom is 0.166 e. The maximum atomic E-state index is 9.12. The van der Waals surface area contributed by atoms with Crippen LogP contribution in [0.1, 0.15) is 32.6 Å². The van der Waals surface area contributed by atoms with E-state index in [-0.39, 0.29) is 6.10 Å². The second kappa shape index (κ2) is 4.66. The Hall–Kier alpha value is -0.350. The molecule has 4 heteroatoms. The minimum Gasteiger partial charge on any atom is -0.392 e. The first-order valence-corrected chi connectivity index (χ1v) is 6.28. The summed E-state index contributed by atoms with van der Waals surface area (Å²) in [4.78, 5) is 0. The van der Waals surface area contributed by atoms with Crippen LogP contribution in [0, 0.1) is 11.8 Å². The monoisotopic (exact) mass is 228 g/mol. The molecular weight excluding hydrogens is 208 g/mol. The van der Waals surface area contributed by atoms with Gasteiger partial charge in [0.2, 0.25) is 0 Å². The average molecular weight is 228 g/mol. The van der Waals surface area contributed by atoms with E-state index in [0.717, 1.165) is 11.8 Å². The van der Waals surface area contributed by atoms with Crippen LogP contribution in [0.3, 0.4) is 0 Å². The molecule has 3 N–H and O–H groups in total. The quantitative estimate of drug-likeness (QED) is 0.631. The van der Waals surface area contributed by atoms with Crippen LogP contribution in [0.5, 0.6) is 0 Å². The minimum absolute atomic E-state index is 0.343. The van der Waals surface area contributed by atoms with Crippen molar-refractivity contribution >= 4 is 17.3 Å². The molecule has 0 saturated heterocycles. The zero-order valence-electron chi connectivity index (χ0n) is 9.20. The van der Waals surface area contributed by atoms with Crippen molar-refractivity contribution in [3.8, 4) is 0 Å². The molecule has 0 aliphatic heterocycles. The van der Waals surface area contributed by atoms with Gasteiger partial charge in [-0.2, -0.15) is 0 Å². The largest absolute Gasteiger partial charge is 0.392 e. The molecule has 2 aliphatic carbocycles. The molecule has 0 aromatic heterocycles. The van der Waals surface area contributed by atoms with Crippen LogP contribution in [0.25, 0.3) is 0 Å². The van der Waals surface area contributed by atoms with E-state index in [4.69, 9.17) is 17.3 Å². The topological polar surface area (TPSA) is 44.3 Å². The van der Waals surface area contributed by atoms with Crippen molar-refractivity contribution in [2.24, 2.45) is 11.8 Å². The van der Waals surface area contributed by atoms with Gasteiger partial charge in [-0.1, -0.05) is 6.42 Å². The fraction of sp³-hybridized carbons (Fsp3) is 0.909. The van der Waals surface area contributed by atoms with Gasteiger partial charge in [-0.3, -0.25) is 0 Å². The van der Waals surface area contributed by atoms with E-state index in [1.807, 2.05) is 0 Å². The fourth-order valence-corrected chi connectivity index (χ4v) is 3.12. The number of nitrogens with one attached hydrogen (secondary N) is 2. The van der Waals surface area contributed by atoms with E-state index in [1.54, 1.807) is 6.92 Å². The zero-order valence-corrected chi connectivity index (χ0v) is 10.0. The Bertz CT molecular complexity index is 245. The van der Waals surface area contributed by atoms with Gasteiger partial charge < -0.3 is 15.7 Å². The highest BCUT2D eigenvalue weighted by Gasteiger charge is 2.39. The van der Waals surface area contributed by atoms with Gasteiger partial charge in [0.15, 0.2) is 5.11 Å². The van der Waals surface area contributed by atoms with Crippen LogP contribution >= 0.6 is 12.2 Å². The number of hydrogen-bond donors (Lipinski definition) is 3. The lowest BCUT2D eigenvalue weighted by atomic mass is 9.96. The van der Waals surface area contributed by atoms with Gasteiger partial charge in [0.25, 0.3) is 0 Å². The third-order valence-corrected chi connectivity index (χ3v) is 3.87. The summed E-state index contributed by atoms with van der Waals surface area (Å²) in [5.74, 6) is 1.77. The summed E-state index contributed by atoms with van der Waals surface area (Å²) in [7, 11) is 0. The second-order valence-corrected chi connectivity index (χ2v) is 5.39. The van der Waals surface area contributed by atoms with Gasteiger partial charge in [0.1, 0.15) is 0 Å². The van der Waals surface area contributed by atoms with E-state index in [2.05, 4.69) is 10.6 Å². The number of thiocarbonyl (C=S) groups is 1. The summed E-state index contributed by atoms with van der Waals surface area (Å²) in [6.07, 6.45) is 5.10. The summed E-state index contributed by atoms with van der Waals surface area (Å²) in [5.41, 5.74) is 0. The third kappa shape index (κ3) is 2.82. The number of aliphatic hydroxyl groups excluding tert-OH is 1. The smallest absolute Gasteiger partial charge is 0.166 e. The summed E-state index contributed by atoms with van der Waals surface area (Å²) < 4.78 is 0. The molecule has 2 aliphatic rings. The Labute approximate surface area is 96.6 Å². The zero-order chi connectivity index (χ0) is 10.8. The number of hydrogen-bond acceptors (Lipinski definition) is 2. The molecule has 3 nitrogen and oxygen atoms in total. The molecule has 4 atom stereocenters. The van der Waals surface area contributed by atoms with Gasteiger partial charge >= 0.3 is 0 Å². The lowest BCUT2D eigenvalue weighted by molar-refractivity contribution is 0.197. The maximum absolute atomic E-state index is 9.12. The minimum atomic E-state index is -0.343. The highest BCUT2D eigenvalue weighted by Crippen LogP contribution is 2.44. The van der Waals surface area contributed by atoms with Crippen LogP contribution in [-0.2, 0) is 0 Å². The predicted octanol–water partition coefficient (Wildman–Crippen LogP) is 1.02. The van der Waals surface area contributed by atoms with Gasteiger partial charge in [-0.25, -0.2) is 0 Å². The van der Waals surface area contributed by atoms with Gasteiger partial charge in [0.05, 0.1) is 6.10 Å². The van der Waals surface area contributed by atoms with Crippen LogP contribution in [0.2, 0.25) is 0 Å². The molecule has 2 saturated carbocycles. The van der Waals surface area contributed by atoms with Crippen molar-refractivity contribution in [3.63, 3.8) is 0 Å². The SMILES string of the molecule is C[C@H](O)CNC(=S)N[C@@H]1C[C@@H]2CC[C@@H]1C2. The van der Waals surface area contributed by atoms with Crippen molar-refractivity contribution in [3.05, 3.63) is 0 Å². The first-order chi connectivity index (χ1) is 7.15. The molecule has 86 valence electrons. The Morgan fingerprint density at radius 2 is 2.27 bits per heavy atom. The van der Waals surface area contributed by atoms with Crippen LogP contribution < -0.4 is 10.6 Å². The Kier molecular flexibility index (Phi) is 3.46. The van der Waals surface area contributed by atoms with E-state index in [9.17, 15) is 0 Å². The molecule has 2 fully saturated rings. The lowest BCUT2D eigenvalue weighted by Gasteiger charge is -2.24. The van der Waals surface area contributed by atoms with Gasteiger partial charge in [0, 0.05) is 12.6 Å². The molecule has 0 unspecified atom stereocenters. The highest BCUT2D eigenvalue weighted by molar-refractivity contribution is 7.80. The van der Waals surface area contributed by atoms with Crippen molar-refractivity contribution < 1.29 is 5.11 Å². The molecule has 0 aromatic carbocycles. The summed E-state index contributed by atoms with van der Waals surface area (Å²) in [6, 6.07) is 0.581. The molecule has 0 spiro atoms. The van der Waals surface area contributed by atoms with Crippen LogP contribution in [0.15, 0.2) is 0 Å². The van der Waals surface area contributed by atoms with Crippen molar-refractivity contribution in [2.45, 2.75) is 44.8 Å². The predicted molar refractivity (Wildman–Crippen MR) is 64.7 cm³/mol. The highest BCUT2D eigenvalue weighted by atomic mass is 32.1. The number of aliphatic hydroxyl groups is 1. The summed E-state index contributed by atoms with van der Waals surface area (Å²) in [6.45, 7) is 2.29. The Balaban J connectivity index is 1.71. The van der Waals surface area contributed by atoms with E-state index >= 15 is 0 Å². The van der Waals surface area contributed by atoms with E-state index < -0.39 is 0 Å². The molecule has 0 aromatic rings. The van der Waals surface area contributed by atoms with E-state index in [1.165, 1.54) is 25.7 Å². The Morgan fingerprint density at radius 1 is 1.47 bits per heavy atom. The third-order valence-electron chi connectivity index (χ3n) is 3.61. The van der Waals surface area contributed by atoms with Crippen LogP contribution in [-0.4, -0.2) is 28.9 Å². The molecule has 0 heterocycles. The van der Waals surface area contributed by atoms with Crippen molar-refractivity contribution in [1.82, 2.24) is 10.6 Å². The molecule has 15 heavy (non-hydrogen) atoms. The van der Waals surface area contributed by atoms with Crippen molar-refractivity contribution in [1.29, 1.82) is 0 Å². The van der Waals surface area contributed by atoms with Crippen LogP contribution in [0.4, 0.5) is 0 Å². The molecule has 2 bridgehead atoms. The van der Waals surface area contributed by atoms with E-state index in [0.29, 0.717) is 17.7 Å². The number of fused-ring (bicyclic) bond motifs is 2. The molecular formula is C11H20N2OS. The standard InChI is InChI=1S/C11H20N2OS/c1-7(14)6-12-11(15)13-10-5-8-2-3-9(10)4-8/h7-10,14H,2-6H2,1H3,(H2,12,13,15)/t7-,8+,9+,10+/m0/s1. The van der Waals surface area contributed by atoms with Gasteiger partial charge in [-0.05, 0) is 50.2 Å². The molecule has 0 radical (unpaired) electrons. The first-order valence-electron chi connectivity index (χ1n) is 5.87. The first kappa shape index (κ1) is 11.1. The summed E-state index contributed by atoms with van der Waals surface area (Å²) >= 11 is 5.19. The molecule has 0 amide bonds. The summed E-state index contributed by atoms with van der Waals surface area (Å²) in [5, 5.41) is 16.2. The second-order valence-electron chi connectivity index (χ2n) is 4.98. The molecule has 2 rings (SSSR count). The fourth-order valence-electron chi connectivity index (χ4n) is 2.88. The van der Waals surface area contributed by atoms with Crippen molar-refractivity contribution in [2.75, 3.05) is 6.54 Å². The Morgan fingerprint density at radius 3 is 2.80 bits per heavy atom. The number of rotatable bonds is 3. The lowest BCUT2D eigenvalue weighted by Crippen LogP contribution is -2.45.